The summed E-state index contributed by atoms with van der Waals surface area (Å²) in [7, 11) is 3.52. The molecule has 0 aliphatic carbocycles. The Bertz CT molecular complexity index is 619. The molecule has 6 heteroatoms. The third-order valence-corrected chi connectivity index (χ3v) is 6.13. The number of aliphatic imine (C=N–C) groups is 1. The first-order valence-corrected chi connectivity index (χ1v) is 10.5. The number of hydrogen-bond donors (Lipinski definition) is 3. The average molecular weight is 388 g/mol. The zero-order chi connectivity index (χ0) is 20.4. The molecular weight excluding hydrogens is 350 g/mol. The van der Waals surface area contributed by atoms with Gasteiger partial charge in [-0.1, -0.05) is 44.2 Å². The molecular formula is C22H37N5O. The van der Waals surface area contributed by atoms with Crippen molar-refractivity contribution in [2.75, 3.05) is 40.3 Å². The van der Waals surface area contributed by atoms with Crippen LogP contribution in [0.25, 0.3) is 0 Å². The smallest absolute Gasteiger partial charge is 0.233 e. The number of likely N-dealkylation sites (N-methyl/N-ethyl adjacent to an activating group) is 1. The summed E-state index contributed by atoms with van der Waals surface area (Å²) in [5, 5.41) is 9.84. The lowest BCUT2D eigenvalue weighted by Gasteiger charge is -2.35. The van der Waals surface area contributed by atoms with Crippen LogP contribution in [0.2, 0.25) is 0 Å². The van der Waals surface area contributed by atoms with Crippen LogP contribution < -0.4 is 16.0 Å². The topological polar surface area (TPSA) is 68.8 Å². The van der Waals surface area contributed by atoms with Crippen molar-refractivity contribution >= 4 is 11.9 Å². The van der Waals surface area contributed by atoms with Gasteiger partial charge < -0.3 is 16.0 Å². The lowest BCUT2D eigenvalue weighted by Crippen LogP contribution is -2.52. The van der Waals surface area contributed by atoms with Crippen molar-refractivity contribution in [3.8, 4) is 0 Å². The van der Waals surface area contributed by atoms with Gasteiger partial charge in [0, 0.05) is 45.2 Å². The summed E-state index contributed by atoms with van der Waals surface area (Å²) in [5.74, 6) is 0.951. The number of nitrogens with zero attached hydrogens (tertiary/aromatic N) is 2. The molecule has 1 fully saturated rings. The van der Waals surface area contributed by atoms with Crippen LogP contribution in [-0.4, -0.2) is 63.1 Å². The zero-order valence-electron chi connectivity index (χ0n) is 17.9. The Balaban J connectivity index is 1.88. The number of piperidine rings is 1. The van der Waals surface area contributed by atoms with Crippen molar-refractivity contribution in [3.63, 3.8) is 0 Å². The molecule has 0 saturated carbocycles. The number of guanidine groups is 1. The molecule has 1 aromatic carbocycles. The van der Waals surface area contributed by atoms with Crippen LogP contribution in [0.1, 0.15) is 45.1 Å². The molecule has 1 saturated heterocycles. The van der Waals surface area contributed by atoms with E-state index in [-0.39, 0.29) is 11.3 Å². The largest absolute Gasteiger partial charge is 0.358 e. The Hall–Kier alpha value is -2.08. The summed E-state index contributed by atoms with van der Waals surface area (Å²) in [6.07, 6.45) is 4.19. The van der Waals surface area contributed by atoms with Crippen LogP contribution in [0.5, 0.6) is 0 Å². The maximum Gasteiger partial charge on any atom is 0.233 e. The molecule has 1 amide bonds. The number of nitrogens with one attached hydrogen (secondary N) is 3. The molecule has 0 bridgehead atoms. The SMILES string of the molecule is CCC(CC)(CNC(=NC)NC1CCN(CC(=O)NC)CC1)c1ccccc1. The van der Waals surface area contributed by atoms with E-state index in [1.54, 1.807) is 7.05 Å². The highest BCUT2D eigenvalue weighted by Gasteiger charge is 2.29. The summed E-state index contributed by atoms with van der Waals surface area (Å²) < 4.78 is 0. The first kappa shape index (κ1) is 22.2. The number of rotatable bonds is 8. The molecule has 0 atom stereocenters. The number of hydrogen-bond acceptors (Lipinski definition) is 3. The summed E-state index contributed by atoms with van der Waals surface area (Å²) in [4.78, 5) is 18.2. The number of benzene rings is 1. The monoisotopic (exact) mass is 387 g/mol. The predicted octanol–water partition coefficient (Wildman–Crippen LogP) is 2.12. The van der Waals surface area contributed by atoms with Gasteiger partial charge in [0.25, 0.3) is 0 Å². The molecule has 0 radical (unpaired) electrons. The molecule has 0 spiro atoms. The van der Waals surface area contributed by atoms with Crippen LogP contribution in [0.3, 0.4) is 0 Å². The second kappa shape index (κ2) is 11.1. The average Bonchev–Trinajstić information content (AvgIpc) is 2.75. The molecule has 6 nitrogen and oxygen atoms in total. The van der Waals surface area contributed by atoms with E-state index in [2.05, 4.69) is 70.0 Å². The summed E-state index contributed by atoms with van der Waals surface area (Å²) >= 11 is 0. The van der Waals surface area contributed by atoms with Gasteiger partial charge in [-0.2, -0.15) is 0 Å². The fraction of sp³-hybridized carbons (Fsp3) is 0.636. The lowest BCUT2D eigenvalue weighted by atomic mass is 9.76. The summed E-state index contributed by atoms with van der Waals surface area (Å²) in [5.41, 5.74) is 1.49. The van der Waals surface area contributed by atoms with E-state index in [9.17, 15) is 4.79 Å². The van der Waals surface area contributed by atoms with E-state index in [0.717, 1.165) is 51.3 Å². The van der Waals surface area contributed by atoms with Gasteiger partial charge in [-0.3, -0.25) is 14.7 Å². The first-order valence-electron chi connectivity index (χ1n) is 10.5. The Morgan fingerprint density at radius 2 is 1.82 bits per heavy atom. The van der Waals surface area contributed by atoms with E-state index < -0.39 is 0 Å². The minimum Gasteiger partial charge on any atom is -0.358 e. The molecule has 3 N–H and O–H groups in total. The Morgan fingerprint density at radius 3 is 2.36 bits per heavy atom. The second-order valence-electron chi connectivity index (χ2n) is 7.65. The van der Waals surface area contributed by atoms with Crippen molar-refractivity contribution in [2.24, 2.45) is 4.99 Å². The third kappa shape index (κ3) is 5.96. The summed E-state index contributed by atoms with van der Waals surface area (Å²) in [6, 6.07) is 11.2. The number of likely N-dealkylation sites (tertiary alicyclic amines) is 1. The Kier molecular flexibility index (Phi) is 8.77. The van der Waals surface area contributed by atoms with Gasteiger partial charge in [-0.15, -0.1) is 0 Å². The molecule has 1 aromatic rings. The van der Waals surface area contributed by atoms with Gasteiger partial charge in [-0.25, -0.2) is 0 Å². The highest BCUT2D eigenvalue weighted by Crippen LogP contribution is 2.30. The van der Waals surface area contributed by atoms with Crippen molar-refractivity contribution in [3.05, 3.63) is 35.9 Å². The van der Waals surface area contributed by atoms with Crippen LogP contribution in [-0.2, 0) is 10.2 Å². The number of carbonyl (C=O) groups is 1. The van der Waals surface area contributed by atoms with Gasteiger partial charge in [-0.05, 0) is 31.2 Å². The number of amides is 1. The van der Waals surface area contributed by atoms with E-state index in [0.29, 0.717) is 12.6 Å². The Morgan fingerprint density at radius 1 is 1.18 bits per heavy atom. The van der Waals surface area contributed by atoms with Crippen molar-refractivity contribution < 1.29 is 4.79 Å². The van der Waals surface area contributed by atoms with E-state index in [1.807, 2.05) is 7.05 Å². The zero-order valence-corrected chi connectivity index (χ0v) is 17.9. The van der Waals surface area contributed by atoms with E-state index >= 15 is 0 Å². The third-order valence-electron chi connectivity index (χ3n) is 6.13. The molecule has 2 rings (SSSR count). The van der Waals surface area contributed by atoms with Crippen LogP contribution in [0.15, 0.2) is 35.3 Å². The fourth-order valence-corrected chi connectivity index (χ4v) is 3.96. The number of carbonyl (C=O) groups excluding carboxylic acids is 1. The van der Waals surface area contributed by atoms with Gasteiger partial charge in [0.1, 0.15) is 0 Å². The minimum absolute atomic E-state index is 0.0836. The van der Waals surface area contributed by atoms with Crippen molar-refractivity contribution in [1.82, 2.24) is 20.9 Å². The van der Waals surface area contributed by atoms with Gasteiger partial charge >= 0.3 is 0 Å². The molecule has 0 unspecified atom stereocenters. The molecule has 1 aliphatic rings. The molecule has 1 aliphatic heterocycles. The molecule has 0 aromatic heterocycles. The highest BCUT2D eigenvalue weighted by molar-refractivity contribution is 5.80. The lowest BCUT2D eigenvalue weighted by molar-refractivity contribution is -0.122. The maximum absolute atomic E-state index is 11.5. The Labute approximate surface area is 170 Å². The van der Waals surface area contributed by atoms with Crippen molar-refractivity contribution in [1.29, 1.82) is 0 Å². The van der Waals surface area contributed by atoms with Gasteiger partial charge in [0.2, 0.25) is 5.91 Å². The second-order valence-corrected chi connectivity index (χ2v) is 7.65. The van der Waals surface area contributed by atoms with E-state index in [4.69, 9.17) is 0 Å². The van der Waals surface area contributed by atoms with Crippen LogP contribution in [0, 0.1) is 0 Å². The molecule has 156 valence electrons. The summed E-state index contributed by atoms with van der Waals surface area (Å²) in [6.45, 7) is 7.73. The quantitative estimate of drug-likeness (QED) is 0.472. The first-order chi connectivity index (χ1) is 13.6. The normalized spacial score (nSPS) is 16.6. The van der Waals surface area contributed by atoms with Gasteiger partial charge in [0.05, 0.1) is 6.54 Å². The fourth-order valence-electron chi connectivity index (χ4n) is 3.96. The van der Waals surface area contributed by atoms with Crippen LogP contribution in [0.4, 0.5) is 0 Å². The highest BCUT2D eigenvalue weighted by atomic mass is 16.1. The minimum atomic E-state index is 0.0836. The standard InChI is InChI=1S/C22H37N5O/c1-5-22(6-2,18-10-8-7-9-11-18)17-25-21(24-4)26-19-12-14-27(15-13-19)16-20(28)23-3/h7-11,19H,5-6,12-17H2,1-4H3,(H,23,28)(H2,24,25,26). The molecule has 28 heavy (non-hydrogen) atoms. The van der Waals surface area contributed by atoms with Gasteiger partial charge in [0.15, 0.2) is 5.96 Å². The van der Waals surface area contributed by atoms with Crippen LogP contribution >= 0.6 is 0 Å². The predicted molar refractivity (Wildman–Crippen MR) is 117 cm³/mol. The van der Waals surface area contributed by atoms with Crippen molar-refractivity contribution in [2.45, 2.75) is 51.0 Å². The maximum atomic E-state index is 11.5. The molecule has 1 heterocycles. The van der Waals surface area contributed by atoms with E-state index in [1.165, 1.54) is 5.56 Å².